The molecule has 6 heteroatoms. The summed E-state index contributed by atoms with van der Waals surface area (Å²) in [7, 11) is 0. The van der Waals surface area contributed by atoms with Gasteiger partial charge in [0.2, 0.25) is 6.10 Å². The van der Waals surface area contributed by atoms with E-state index in [1.807, 2.05) is 49.4 Å². The fourth-order valence-electron chi connectivity index (χ4n) is 2.66. The topological polar surface area (TPSA) is 59.9 Å². The summed E-state index contributed by atoms with van der Waals surface area (Å²) in [6, 6.07) is 13.6. The van der Waals surface area contributed by atoms with Gasteiger partial charge in [0, 0.05) is 4.47 Å². The maximum absolute atomic E-state index is 12.5. The van der Waals surface area contributed by atoms with Crippen molar-refractivity contribution in [3.05, 3.63) is 58.1 Å². The van der Waals surface area contributed by atoms with Crippen molar-refractivity contribution in [2.45, 2.75) is 39.2 Å². The highest BCUT2D eigenvalue weighted by molar-refractivity contribution is 9.10. The average molecular weight is 431 g/mol. The Bertz CT molecular complexity index is 887. The number of fused-ring (bicyclic) bond motifs is 1. The first kappa shape index (κ1) is 19.4. The summed E-state index contributed by atoms with van der Waals surface area (Å²) in [5.41, 5.74) is 5.31. The predicted octanol–water partition coefficient (Wildman–Crippen LogP) is 4.43. The van der Waals surface area contributed by atoms with Gasteiger partial charge in [0.1, 0.15) is 6.61 Å². The van der Waals surface area contributed by atoms with E-state index in [4.69, 9.17) is 9.47 Å². The minimum atomic E-state index is -0.744. The van der Waals surface area contributed by atoms with Crippen molar-refractivity contribution in [3.63, 3.8) is 0 Å². The van der Waals surface area contributed by atoms with Gasteiger partial charge in [0.05, 0.1) is 5.71 Å². The van der Waals surface area contributed by atoms with Gasteiger partial charge in [-0.25, -0.2) is 5.43 Å². The number of carbonyl (C=O) groups is 1. The molecule has 0 saturated heterocycles. The molecule has 0 radical (unpaired) electrons. The third-order valence-electron chi connectivity index (χ3n) is 4.34. The summed E-state index contributed by atoms with van der Waals surface area (Å²) >= 11 is 3.43. The lowest BCUT2D eigenvalue weighted by molar-refractivity contribution is -0.130. The first-order valence-corrected chi connectivity index (χ1v) is 9.57. The lowest BCUT2D eigenvalue weighted by atomic mass is 9.87. The van der Waals surface area contributed by atoms with Crippen LogP contribution in [0.4, 0.5) is 0 Å². The summed E-state index contributed by atoms with van der Waals surface area (Å²) in [6.07, 6.45) is -0.744. The lowest BCUT2D eigenvalue weighted by Gasteiger charge is -2.27. The van der Waals surface area contributed by atoms with E-state index in [0.29, 0.717) is 17.2 Å². The number of hydrazone groups is 1. The van der Waals surface area contributed by atoms with Gasteiger partial charge in [0.15, 0.2) is 11.5 Å². The molecule has 0 bridgehead atoms. The molecule has 2 aromatic rings. The Kier molecular flexibility index (Phi) is 5.56. The number of nitrogens with one attached hydrogen (secondary N) is 1. The molecule has 1 aliphatic rings. The lowest BCUT2D eigenvalue weighted by Crippen LogP contribution is -2.42. The summed E-state index contributed by atoms with van der Waals surface area (Å²) < 4.78 is 12.5. The number of nitrogens with zero attached hydrogens (tertiary/aromatic N) is 1. The summed E-state index contributed by atoms with van der Waals surface area (Å²) in [5.74, 6) is 0.901. The van der Waals surface area contributed by atoms with Crippen LogP contribution in [0, 0.1) is 0 Å². The van der Waals surface area contributed by atoms with Gasteiger partial charge in [-0.15, -0.1) is 0 Å². The molecule has 27 heavy (non-hydrogen) atoms. The van der Waals surface area contributed by atoms with Gasteiger partial charge in [-0.05, 0) is 47.7 Å². The van der Waals surface area contributed by atoms with Gasteiger partial charge < -0.3 is 9.47 Å². The van der Waals surface area contributed by atoms with Crippen molar-refractivity contribution < 1.29 is 14.3 Å². The SMILES string of the molecule is C/C(=N\NC(=O)[C@H]1COc2ccc(C(C)(C)C)cc2O1)c1cccc(Br)c1. The second-order valence-corrected chi connectivity index (χ2v) is 8.43. The molecule has 1 aliphatic heterocycles. The van der Waals surface area contributed by atoms with Crippen LogP contribution in [0.5, 0.6) is 11.5 Å². The van der Waals surface area contributed by atoms with Gasteiger partial charge in [-0.1, -0.05) is 54.9 Å². The number of rotatable bonds is 3. The fourth-order valence-corrected chi connectivity index (χ4v) is 3.06. The number of ether oxygens (including phenoxy) is 2. The Balaban J connectivity index is 1.69. The van der Waals surface area contributed by atoms with E-state index in [1.54, 1.807) is 0 Å². The molecular weight excluding hydrogens is 408 g/mol. The quantitative estimate of drug-likeness (QED) is 0.578. The van der Waals surface area contributed by atoms with Crippen LogP contribution in [0.2, 0.25) is 0 Å². The van der Waals surface area contributed by atoms with Gasteiger partial charge in [-0.3, -0.25) is 4.79 Å². The highest BCUT2D eigenvalue weighted by atomic mass is 79.9. The molecule has 5 nitrogen and oxygen atoms in total. The minimum absolute atomic E-state index is 0.0149. The number of halogens is 1. The zero-order valence-corrected chi connectivity index (χ0v) is 17.5. The van der Waals surface area contributed by atoms with Crippen molar-refractivity contribution >= 4 is 27.5 Å². The van der Waals surface area contributed by atoms with Crippen LogP contribution in [0.25, 0.3) is 0 Å². The van der Waals surface area contributed by atoms with E-state index in [-0.39, 0.29) is 17.9 Å². The smallest absolute Gasteiger partial charge is 0.284 e. The Hall–Kier alpha value is -2.34. The third-order valence-corrected chi connectivity index (χ3v) is 4.83. The molecule has 0 aliphatic carbocycles. The van der Waals surface area contributed by atoms with E-state index in [2.05, 4.69) is 47.2 Å². The van der Waals surface area contributed by atoms with Crippen LogP contribution in [0.1, 0.15) is 38.8 Å². The zero-order valence-electron chi connectivity index (χ0n) is 15.9. The largest absolute Gasteiger partial charge is 0.485 e. The summed E-state index contributed by atoms with van der Waals surface area (Å²) in [4.78, 5) is 12.5. The first-order valence-electron chi connectivity index (χ1n) is 8.78. The standard InChI is InChI=1S/C21H23BrN2O3/c1-13(14-6-5-7-16(22)10-14)23-24-20(25)19-12-26-17-9-8-15(21(2,3)4)11-18(17)27-19/h5-11,19H,12H2,1-4H3,(H,24,25)/b23-13+/t19-/m1/s1. The molecule has 0 unspecified atom stereocenters. The van der Waals surface area contributed by atoms with Crippen LogP contribution in [-0.2, 0) is 10.2 Å². The predicted molar refractivity (Wildman–Crippen MR) is 110 cm³/mol. The van der Waals surface area contributed by atoms with E-state index in [1.165, 1.54) is 0 Å². The molecule has 0 aromatic heterocycles. The number of hydrogen-bond acceptors (Lipinski definition) is 4. The van der Waals surface area contributed by atoms with Crippen molar-refractivity contribution in [2.24, 2.45) is 5.10 Å². The molecule has 2 aromatic carbocycles. The fraction of sp³-hybridized carbons (Fsp3) is 0.333. The molecule has 1 heterocycles. The Morgan fingerprint density at radius 2 is 1.96 bits per heavy atom. The van der Waals surface area contributed by atoms with Crippen LogP contribution in [0.15, 0.2) is 52.0 Å². The molecule has 0 fully saturated rings. The maximum Gasteiger partial charge on any atom is 0.284 e. The van der Waals surface area contributed by atoms with Crippen molar-refractivity contribution in [1.29, 1.82) is 0 Å². The second-order valence-electron chi connectivity index (χ2n) is 7.51. The van der Waals surface area contributed by atoms with Crippen LogP contribution < -0.4 is 14.9 Å². The Morgan fingerprint density at radius 3 is 2.67 bits per heavy atom. The number of benzene rings is 2. The summed E-state index contributed by atoms with van der Waals surface area (Å²) in [5, 5.41) is 4.18. The molecular formula is C21H23BrN2O3. The molecule has 1 amide bonds. The highest BCUT2D eigenvalue weighted by Crippen LogP contribution is 2.36. The van der Waals surface area contributed by atoms with Crippen LogP contribution in [-0.4, -0.2) is 24.3 Å². The molecule has 3 rings (SSSR count). The van der Waals surface area contributed by atoms with E-state index in [9.17, 15) is 4.79 Å². The van der Waals surface area contributed by atoms with E-state index >= 15 is 0 Å². The Labute approximate surface area is 167 Å². The molecule has 1 atom stereocenters. The zero-order chi connectivity index (χ0) is 19.6. The minimum Gasteiger partial charge on any atom is -0.485 e. The van der Waals surface area contributed by atoms with E-state index < -0.39 is 6.10 Å². The van der Waals surface area contributed by atoms with Gasteiger partial charge in [-0.2, -0.15) is 5.10 Å². The monoisotopic (exact) mass is 430 g/mol. The second kappa shape index (κ2) is 7.72. The number of carbonyl (C=O) groups excluding carboxylic acids is 1. The van der Waals surface area contributed by atoms with Crippen molar-refractivity contribution in [1.82, 2.24) is 5.43 Å². The van der Waals surface area contributed by atoms with Crippen molar-refractivity contribution in [2.75, 3.05) is 6.61 Å². The van der Waals surface area contributed by atoms with E-state index in [0.717, 1.165) is 15.6 Å². The third kappa shape index (κ3) is 4.69. The molecule has 0 spiro atoms. The maximum atomic E-state index is 12.5. The number of hydrogen-bond donors (Lipinski definition) is 1. The first-order chi connectivity index (χ1) is 12.7. The van der Waals surface area contributed by atoms with Gasteiger partial charge in [0.25, 0.3) is 5.91 Å². The molecule has 142 valence electrons. The normalized spacial score (nSPS) is 16.8. The molecule has 0 saturated carbocycles. The van der Waals surface area contributed by atoms with Crippen LogP contribution in [0.3, 0.4) is 0 Å². The molecule has 1 N–H and O–H groups in total. The average Bonchev–Trinajstić information content (AvgIpc) is 2.64. The Morgan fingerprint density at radius 1 is 1.19 bits per heavy atom. The van der Waals surface area contributed by atoms with Crippen molar-refractivity contribution in [3.8, 4) is 11.5 Å². The number of amides is 1. The van der Waals surface area contributed by atoms with Gasteiger partial charge >= 0.3 is 0 Å². The summed E-state index contributed by atoms with van der Waals surface area (Å²) in [6.45, 7) is 8.37. The highest BCUT2D eigenvalue weighted by Gasteiger charge is 2.28. The van der Waals surface area contributed by atoms with Crippen LogP contribution >= 0.6 is 15.9 Å².